The van der Waals surface area contributed by atoms with Crippen molar-refractivity contribution in [1.29, 1.82) is 0 Å². The first kappa shape index (κ1) is 16.3. The first-order valence-corrected chi connectivity index (χ1v) is 8.04. The number of fused-ring (bicyclic) bond motifs is 1. The summed E-state index contributed by atoms with van der Waals surface area (Å²) in [4.78, 5) is 12.2. The van der Waals surface area contributed by atoms with Gasteiger partial charge in [-0.25, -0.2) is 4.68 Å². The van der Waals surface area contributed by atoms with Crippen LogP contribution in [0.1, 0.15) is 12.5 Å². The van der Waals surface area contributed by atoms with E-state index in [-0.39, 0.29) is 5.56 Å². The molecule has 126 valence electrons. The zero-order valence-electron chi connectivity index (χ0n) is 14.2. The van der Waals surface area contributed by atoms with E-state index in [0.717, 1.165) is 34.4 Å². The average molecular weight is 326 g/mol. The van der Waals surface area contributed by atoms with Crippen LogP contribution in [0, 0.1) is 0 Å². The van der Waals surface area contributed by atoms with Crippen molar-refractivity contribution in [3.8, 4) is 0 Å². The Morgan fingerprint density at radius 3 is 2.88 bits per heavy atom. The molecular weight excluding hydrogens is 304 g/mol. The zero-order valence-corrected chi connectivity index (χ0v) is 14.2. The predicted molar refractivity (Wildman–Crippen MR) is 96.0 cm³/mol. The lowest BCUT2D eigenvalue weighted by atomic mass is 10.2. The molecule has 1 N–H and O–H groups in total. The molecule has 0 spiro atoms. The predicted octanol–water partition coefficient (Wildman–Crippen LogP) is 2.69. The van der Waals surface area contributed by atoms with Crippen LogP contribution in [0.3, 0.4) is 0 Å². The second-order valence-corrected chi connectivity index (χ2v) is 5.72. The van der Waals surface area contributed by atoms with Crippen molar-refractivity contribution >= 4 is 22.3 Å². The third-order valence-electron chi connectivity index (χ3n) is 4.18. The molecule has 0 saturated heterocycles. The Balaban J connectivity index is 1.91. The molecule has 6 heteroatoms. The number of anilines is 2. The summed E-state index contributed by atoms with van der Waals surface area (Å²) in [6.45, 7) is 3.48. The lowest BCUT2D eigenvalue weighted by molar-refractivity contribution is 0.188. The largest absolute Gasteiger partial charge is 0.383 e. The number of nitrogens with one attached hydrogen (secondary N) is 1. The second-order valence-electron chi connectivity index (χ2n) is 5.72. The summed E-state index contributed by atoms with van der Waals surface area (Å²) in [6, 6.07) is 8.25. The lowest BCUT2D eigenvalue weighted by Gasteiger charge is -2.11. The molecule has 0 fully saturated rings. The molecule has 2 heterocycles. The summed E-state index contributed by atoms with van der Waals surface area (Å²) in [7, 11) is 3.37. The molecule has 2 aromatic heterocycles. The fourth-order valence-corrected chi connectivity index (χ4v) is 2.85. The van der Waals surface area contributed by atoms with Gasteiger partial charge in [-0.3, -0.25) is 4.79 Å². The molecule has 0 aliphatic heterocycles. The third kappa shape index (κ3) is 3.05. The summed E-state index contributed by atoms with van der Waals surface area (Å²) in [6.07, 6.45) is 4.42. The fourth-order valence-electron chi connectivity index (χ4n) is 2.85. The number of methoxy groups -OCH3 is 1. The van der Waals surface area contributed by atoms with E-state index in [9.17, 15) is 4.79 Å². The van der Waals surface area contributed by atoms with Gasteiger partial charge in [-0.15, -0.1) is 0 Å². The molecule has 6 nitrogen and oxygen atoms in total. The highest BCUT2D eigenvalue weighted by atomic mass is 16.5. The van der Waals surface area contributed by atoms with Gasteiger partial charge in [-0.2, -0.15) is 5.10 Å². The van der Waals surface area contributed by atoms with Gasteiger partial charge in [-0.05, 0) is 30.7 Å². The van der Waals surface area contributed by atoms with Crippen molar-refractivity contribution in [3.63, 3.8) is 0 Å². The van der Waals surface area contributed by atoms with Crippen LogP contribution in [0.4, 0.5) is 11.4 Å². The van der Waals surface area contributed by atoms with E-state index in [1.807, 2.05) is 13.0 Å². The first-order valence-electron chi connectivity index (χ1n) is 8.04. The standard InChI is InChI=1S/C18H22N4O2/c1-4-15-16(12-19-21(2)18(15)23)20-14-5-6-17-13(11-14)7-8-22(17)9-10-24-3/h5-8,11-12,20H,4,9-10H2,1-3H3. The quantitative estimate of drug-likeness (QED) is 0.756. The Kier molecular flexibility index (Phi) is 4.66. The maximum atomic E-state index is 12.2. The highest BCUT2D eigenvalue weighted by Crippen LogP contribution is 2.24. The topological polar surface area (TPSA) is 61.1 Å². The maximum Gasteiger partial charge on any atom is 0.271 e. The minimum Gasteiger partial charge on any atom is -0.383 e. The molecule has 0 radical (unpaired) electrons. The summed E-state index contributed by atoms with van der Waals surface area (Å²) in [5.41, 5.74) is 3.55. The highest BCUT2D eigenvalue weighted by Gasteiger charge is 2.09. The maximum absolute atomic E-state index is 12.2. The summed E-state index contributed by atoms with van der Waals surface area (Å²) in [5, 5.41) is 8.58. The molecule has 0 saturated carbocycles. The number of aryl methyl sites for hydroxylation is 1. The van der Waals surface area contributed by atoms with E-state index in [2.05, 4.69) is 39.4 Å². The molecule has 3 rings (SSSR count). The van der Waals surface area contributed by atoms with Crippen molar-refractivity contribution in [2.24, 2.45) is 7.05 Å². The zero-order chi connectivity index (χ0) is 17.1. The Morgan fingerprint density at radius 2 is 2.12 bits per heavy atom. The van der Waals surface area contributed by atoms with Gasteiger partial charge in [0.1, 0.15) is 0 Å². The Morgan fingerprint density at radius 1 is 1.29 bits per heavy atom. The first-order chi connectivity index (χ1) is 11.6. The van der Waals surface area contributed by atoms with E-state index in [4.69, 9.17) is 4.74 Å². The smallest absolute Gasteiger partial charge is 0.271 e. The lowest BCUT2D eigenvalue weighted by Crippen LogP contribution is -2.24. The highest BCUT2D eigenvalue weighted by molar-refractivity contribution is 5.84. The van der Waals surface area contributed by atoms with Gasteiger partial charge in [0.25, 0.3) is 5.56 Å². The molecule has 1 aromatic carbocycles. The summed E-state index contributed by atoms with van der Waals surface area (Å²) in [5.74, 6) is 0. The van der Waals surface area contributed by atoms with Gasteiger partial charge in [0.15, 0.2) is 0 Å². The monoisotopic (exact) mass is 326 g/mol. The van der Waals surface area contributed by atoms with Crippen LogP contribution in [0.2, 0.25) is 0 Å². The van der Waals surface area contributed by atoms with Crippen molar-refractivity contribution < 1.29 is 4.74 Å². The molecule has 0 unspecified atom stereocenters. The molecule has 0 aliphatic rings. The molecule has 0 aliphatic carbocycles. The van der Waals surface area contributed by atoms with E-state index >= 15 is 0 Å². The number of aromatic nitrogens is 3. The van der Waals surface area contributed by atoms with Crippen LogP contribution in [0.25, 0.3) is 10.9 Å². The van der Waals surface area contributed by atoms with Crippen LogP contribution in [0.15, 0.2) is 41.5 Å². The van der Waals surface area contributed by atoms with E-state index in [0.29, 0.717) is 13.0 Å². The van der Waals surface area contributed by atoms with Gasteiger partial charge in [0.05, 0.1) is 18.5 Å². The van der Waals surface area contributed by atoms with Crippen molar-refractivity contribution in [3.05, 3.63) is 52.6 Å². The number of benzene rings is 1. The Bertz CT molecular complexity index is 911. The van der Waals surface area contributed by atoms with Crippen LogP contribution < -0.4 is 10.9 Å². The molecule has 3 aromatic rings. The molecule has 0 amide bonds. The van der Waals surface area contributed by atoms with Gasteiger partial charge in [-0.1, -0.05) is 6.92 Å². The van der Waals surface area contributed by atoms with E-state index < -0.39 is 0 Å². The number of nitrogens with zero attached hydrogens (tertiary/aromatic N) is 3. The fraction of sp³-hybridized carbons (Fsp3) is 0.333. The Hall–Kier alpha value is -2.60. The third-order valence-corrected chi connectivity index (χ3v) is 4.18. The van der Waals surface area contributed by atoms with Crippen LogP contribution >= 0.6 is 0 Å². The van der Waals surface area contributed by atoms with Crippen molar-refractivity contribution in [1.82, 2.24) is 14.3 Å². The molecule has 24 heavy (non-hydrogen) atoms. The van der Waals surface area contributed by atoms with Crippen molar-refractivity contribution in [2.45, 2.75) is 19.9 Å². The summed E-state index contributed by atoms with van der Waals surface area (Å²) >= 11 is 0. The minimum atomic E-state index is -0.0608. The number of hydrogen-bond acceptors (Lipinski definition) is 4. The summed E-state index contributed by atoms with van der Waals surface area (Å²) < 4.78 is 8.67. The van der Waals surface area contributed by atoms with Crippen molar-refractivity contribution in [2.75, 3.05) is 19.0 Å². The van der Waals surface area contributed by atoms with Gasteiger partial charge >= 0.3 is 0 Å². The Labute approximate surface area is 140 Å². The van der Waals surface area contributed by atoms with Gasteiger partial charge < -0.3 is 14.6 Å². The molecule has 0 bridgehead atoms. The van der Waals surface area contributed by atoms with Crippen LogP contribution in [-0.2, 0) is 24.8 Å². The number of hydrogen-bond donors (Lipinski definition) is 1. The van der Waals surface area contributed by atoms with E-state index in [1.54, 1.807) is 20.4 Å². The molecule has 0 atom stereocenters. The number of rotatable bonds is 6. The van der Waals surface area contributed by atoms with Crippen LogP contribution in [-0.4, -0.2) is 28.1 Å². The van der Waals surface area contributed by atoms with Gasteiger partial charge in [0, 0.05) is 49.1 Å². The molecular formula is C18H22N4O2. The second kappa shape index (κ2) is 6.88. The SMILES string of the molecule is CCc1c(Nc2ccc3c(ccn3CCOC)c2)cnn(C)c1=O. The van der Waals surface area contributed by atoms with Gasteiger partial charge in [0.2, 0.25) is 0 Å². The van der Waals surface area contributed by atoms with Crippen LogP contribution in [0.5, 0.6) is 0 Å². The average Bonchev–Trinajstić information content (AvgIpc) is 2.99. The normalized spacial score (nSPS) is 11.1. The minimum absolute atomic E-state index is 0.0608. The van der Waals surface area contributed by atoms with E-state index in [1.165, 1.54) is 4.68 Å². The number of ether oxygens (including phenoxy) is 1.